The van der Waals surface area contributed by atoms with Gasteiger partial charge in [-0.1, -0.05) is 24.3 Å². The molecule has 0 fully saturated rings. The Morgan fingerprint density at radius 1 is 1.08 bits per heavy atom. The number of aromatic nitrogens is 2. The Morgan fingerprint density at radius 3 is 2.58 bits per heavy atom. The molecular weight excluding hydrogens is 318 g/mol. The van der Waals surface area contributed by atoms with Gasteiger partial charge in [0.2, 0.25) is 5.91 Å². The third kappa shape index (κ3) is 3.46. The molecule has 2 aromatic heterocycles. The molecule has 124 valence electrons. The van der Waals surface area contributed by atoms with Crippen LogP contribution in [0.2, 0.25) is 0 Å². The van der Waals surface area contributed by atoms with Crippen molar-refractivity contribution in [3.05, 3.63) is 47.5 Å². The van der Waals surface area contributed by atoms with Crippen LogP contribution >= 0.6 is 11.3 Å². The van der Waals surface area contributed by atoms with Crippen LogP contribution in [0, 0.1) is 0 Å². The monoisotopic (exact) mass is 339 g/mol. The van der Waals surface area contributed by atoms with E-state index in [-0.39, 0.29) is 5.91 Å². The first kappa shape index (κ1) is 16.6. The van der Waals surface area contributed by atoms with Crippen molar-refractivity contribution in [1.82, 2.24) is 14.9 Å². The maximum absolute atomic E-state index is 12.3. The number of carbonyl (C=O) groups is 1. The van der Waals surface area contributed by atoms with Crippen molar-refractivity contribution in [2.45, 2.75) is 26.7 Å². The third-order valence-corrected chi connectivity index (χ3v) is 4.98. The van der Waals surface area contributed by atoms with Crippen molar-refractivity contribution in [2.24, 2.45) is 0 Å². The average Bonchev–Trinajstić information content (AvgIpc) is 3.15. The fourth-order valence-corrected chi connectivity index (χ4v) is 3.47. The highest BCUT2D eigenvalue weighted by atomic mass is 32.1. The number of thiophene rings is 1. The zero-order valence-electron chi connectivity index (χ0n) is 14.0. The molecule has 0 radical (unpaired) electrons. The summed E-state index contributed by atoms with van der Waals surface area (Å²) in [5, 5.41) is 3.06. The second-order valence-corrected chi connectivity index (χ2v) is 6.50. The number of fused-ring (bicyclic) bond motifs is 1. The van der Waals surface area contributed by atoms with Crippen LogP contribution < -0.4 is 0 Å². The van der Waals surface area contributed by atoms with Crippen molar-refractivity contribution in [1.29, 1.82) is 0 Å². The van der Waals surface area contributed by atoms with Crippen molar-refractivity contribution < 1.29 is 4.79 Å². The van der Waals surface area contributed by atoms with Gasteiger partial charge in [0.05, 0.1) is 16.1 Å². The van der Waals surface area contributed by atoms with E-state index in [9.17, 15) is 4.79 Å². The summed E-state index contributed by atoms with van der Waals surface area (Å²) in [6.07, 6.45) is 1.11. The summed E-state index contributed by atoms with van der Waals surface area (Å²) in [6, 6.07) is 12.0. The lowest BCUT2D eigenvalue weighted by Gasteiger charge is -2.18. The molecule has 0 aliphatic heterocycles. The Labute approximate surface area is 146 Å². The van der Waals surface area contributed by atoms with E-state index in [1.54, 1.807) is 11.3 Å². The smallest absolute Gasteiger partial charge is 0.222 e. The van der Waals surface area contributed by atoms with Gasteiger partial charge in [-0.25, -0.2) is 9.97 Å². The second kappa shape index (κ2) is 7.53. The summed E-state index contributed by atoms with van der Waals surface area (Å²) in [5.74, 6) is 0.925. The van der Waals surface area contributed by atoms with E-state index in [1.165, 1.54) is 0 Å². The molecule has 0 bridgehead atoms. The maximum atomic E-state index is 12.3. The molecule has 1 aromatic carbocycles. The van der Waals surface area contributed by atoms with Crippen LogP contribution in [0.25, 0.3) is 21.6 Å². The highest BCUT2D eigenvalue weighted by molar-refractivity contribution is 7.13. The van der Waals surface area contributed by atoms with Crippen molar-refractivity contribution >= 4 is 28.1 Å². The number of para-hydroxylation sites is 1. The minimum atomic E-state index is 0.181. The van der Waals surface area contributed by atoms with Crippen molar-refractivity contribution in [2.75, 3.05) is 13.1 Å². The second-order valence-electron chi connectivity index (χ2n) is 5.55. The quantitative estimate of drug-likeness (QED) is 0.677. The number of rotatable bonds is 6. The SMILES string of the molecule is CCN(CC)C(=O)CCc1nc(-c2cccs2)nc2ccccc12. The zero-order chi connectivity index (χ0) is 16.9. The molecule has 5 heteroatoms. The van der Waals surface area contributed by atoms with Gasteiger partial charge in [0, 0.05) is 24.9 Å². The molecule has 0 unspecified atom stereocenters. The van der Waals surface area contributed by atoms with Gasteiger partial charge in [0.25, 0.3) is 0 Å². The summed E-state index contributed by atoms with van der Waals surface area (Å²) in [5.41, 5.74) is 1.88. The molecule has 3 aromatic rings. The molecular formula is C19H21N3OS. The van der Waals surface area contributed by atoms with Gasteiger partial charge in [0.1, 0.15) is 0 Å². The van der Waals surface area contributed by atoms with Gasteiger partial charge in [0.15, 0.2) is 5.82 Å². The topological polar surface area (TPSA) is 46.1 Å². The van der Waals surface area contributed by atoms with Crippen LogP contribution in [0.5, 0.6) is 0 Å². The normalized spacial score (nSPS) is 10.9. The van der Waals surface area contributed by atoms with E-state index in [1.807, 2.05) is 60.5 Å². The average molecular weight is 339 g/mol. The molecule has 0 N–H and O–H groups in total. The number of carbonyl (C=O) groups excluding carboxylic acids is 1. The maximum Gasteiger partial charge on any atom is 0.222 e. The van der Waals surface area contributed by atoms with E-state index in [4.69, 9.17) is 4.98 Å². The van der Waals surface area contributed by atoms with Gasteiger partial charge >= 0.3 is 0 Å². The Kier molecular flexibility index (Phi) is 5.20. The lowest BCUT2D eigenvalue weighted by Crippen LogP contribution is -2.30. The summed E-state index contributed by atoms with van der Waals surface area (Å²) < 4.78 is 0. The molecule has 0 saturated carbocycles. The third-order valence-electron chi connectivity index (χ3n) is 4.12. The van der Waals surface area contributed by atoms with Gasteiger partial charge in [-0.3, -0.25) is 4.79 Å². The molecule has 0 spiro atoms. The lowest BCUT2D eigenvalue weighted by molar-refractivity contribution is -0.130. The predicted molar refractivity (Wildman–Crippen MR) is 99.1 cm³/mol. The molecule has 0 aliphatic carbocycles. The summed E-state index contributed by atoms with van der Waals surface area (Å²) in [6.45, 7) is 5.52. The number of benzene rings is 1. The summed E-state index contributed by atoms with van der Waals surface area (Å²) >= 11 is 1.63. The molecule has 0 saturated heterocycles. The van der Waals surface area contributed by atoms with E-state index in [0.717, 1.165) is 40.4 Å². The van der Waals surface area contributed by atoms with E-state index in [2.05, 4.69) is 4.98 Å². The fourth-order valence-electron chi connectivity index (χ4n) is 2.81. The van der Waals surface area contributed by atoms with Gasteiger partial charge in [-0.2, -0.15) is 0 Å². The molecule has 0 atom stereocenters. The Bertz CT molecular complexity index is 826. The molecule has 3 rings (SSSR count). The first-order valence-electron chi connectivity index (χ1n) is 8.30. The van der Waals surface area contributed by atoms with Gasteiger partial charge in [-0.05, 0) is 37.8 Å². The van der Waals surface area contributed by atoms with Crippen molar-refractivity contribution in [3.63, 3.8) is 0 Å². The number of amides is 1. The predicted octanol–water partition coefficient (Wildman–Crippen LogP) is 4.16. The van der Waals surface area contributed by atoms with Crippen LogP contribution in [0.4, 0.5) is 0 Å². The van der Waals surface area contributed by atoms with Crippen LogP contribution in [0.15, 0.2) is 41.8 Å². The summed E-state index contributed by atoms with van der Waals surface area (Å²) in [4.78, 5) is 24.7. The van der Waals surface area contributed by atoms with Crippen LogP contribution in [0.1, 0.15) is 26.0 Å². The molecule has 4 nitrogen and oxygen atoms in total. The minimum absolute atomic E-state index is 0.181. The first-order valence-corrected chi connectivity index (χ1v) is 9.18. The zero-order valence-corrected chi connectivity index (χ0v) is 14.8. The number of aryl methyl sites for hydroxylation is 1. The van der Waals surface area contributed by atoms with Crippen LogP contribution in [-0.2, 0) is 11.2 Å². The Morgan fingerprint density at radius 2 is 1.88 bits per heavy atom. The minimum Gasteiger partial charge on any atom is -0.343 e. The number of hydrogen-bond donors (Lipinski definition) is 0. The largest absolute Gasteiger partial charge is 0.343 e. The van der Waals surface area contributed by atoms with E-state index in [0.29, 0.717) is 12.8 Å². The lowest BCUT2D eigenvalue weighted by atomic mass is 10.1. The van der Waals surface area contributed by atoms with Gasteiger partial charge < -0.3 is 4.90 Å². The molecule has 1 amide bonds. The number of hydrogen-bond acceptors (Lipinski definition) is 4. The highest BCUT2D eigenvalue weighted by Crippen LogP contribution is 2.25. The van der Waals surface area contributed by atoms with Crippen LogP contribution in [0.3, 0.4) is 0 Å². The molecule has 24 heavy (non-hydrogen) atoms. The highest BCUT2D eigenvalue weighted by Gasteiger charge is 2.14. The Balaban J connectivity index is 1.92. The van der Waals surface area contributed by atoms with E-state index >= 15 is 0 Å². The summed E-state index contributed by atoms with van der Waals surface area (Å²) in [7, 11) is 0. The molecule has 2 heterocycles. The molecule has 0 aliphatic rings. The van der Waals surface area contributed by atoms with Crippen LogP contribution in [-0.4, -0.2) is 33.9 Å². The van der Waals surface area contributed by atoms with Crippen molar-refractivity contribution in [3.8, 4) is 10.7 Å². The van der Waals surface area contributed by atoms with Gasteiger partial charge in [-0.15, -0.1) is 11.3 Å². The standard InChI is InChI=1S/C19H21N3OS/c1-3-22(4-2)18(23)12-11-16-14-8-5-6-9-15(14)20-19(21-16)17-10-7-13-24-17/h5-10,13H,3-4,11-12H2,1-2H3. The number of nitrogens with zero attached hydrogens (tertiary/aromatic N) is 3. The fraction of sp³-hybridized carbons (Fsp3) is 0.316. The Hall–Kier alpha value is -2.27. The first-order chi connectivity index (χ1) is 11.7. The van der Waals surface area contributed by atoms with E-state index < -0.39 is 0 Å².